The molecule has 0 spiro atoms. The van der Waals surface area contributed by atoms with Crippen LogP contribution in [0.5, 0.6) is 0 Å². The molecule has 0 bridgehead atoms. The Morgan fingerprint density at radius 3 is 1.04 bits per heavy atom. The predicted octanol–water partition coefficient (Wildman–Crippen LogP) is 9.01. The number of hydrogen-bond donors (Lipinski definition) is 0. The second-order valence-electron chi connectivity index (χ2n) is 3.09. The van der Waals surface area contributed by atoms with Crippen LogP contribution in [0.15, 0.2) is 10.0 Å². The minimum absolute atomic E-state index is 0.0895. The van der Waals surface area contributed by atoms with Gasteiger partial charge in [0.2, 0.25) is 0 Å². The summed E-state index contributed by atoms with van der Waals surface area (Å²) in [5.41, 5.74) is 1.09. The third-order valence-electron chi connectivity index (χ3n) is 1.04. The molecule has 0 aliphatic heterocycles. The van der Waals surface area contributed by atoms with Gasteiger partial charge in [-0.15, -0.1) is 11.6 Å². The molecule has 0 saturated carbocycles. The summed E-state index contributed by atoms with van der Waals surface area (Å²) < 4.78 is 64.1. The Kier molecular flexibility index (Phi) is 23.4. The van der Waals surface area contributed by atoms with Crippen molar-refractivity contribution in [1.82, 2.24) is 0 Å². The maximum Gasteiger partial charge on any atom is 0.388 e. The lowest BCUT2D eigenvalue weighted by Crippen LogP contribution is -2.03. The third kappa shape index (κ3) is 69.8. The van der Waals surface area contributed by atoms with Crippen molar-refractivity contribution in [3.05, 3.63) is 10.0 Å². The average Bonchev–Trinajstić information content (AvgIpc) is 2.38. The summed E-state index contributed by atoms with van der Waals surface area (Å²) in [5, 5.41) is -2.99. The van der Waals surface area contributed by atoms with Crippen molar-refractivity contribution >= 4 is 81.2 Å². The Hall–Kier alpha value is 1.35. The second-order valence-corrected chi connectivity index (χ2v) is 6.52. The summed E-state index contributed by atoms with van der Waals surface area (Å²) in [7, 11) is 0. The molecular formula is C10H13Cl7F6. The highest BCUT2D eigenvalue weighted by Crippen LogP contribution is 2.23. The molecule has 0 aromatic rings. The van der Waals surface area contributed by atoms with Crippen molar-refractivity contribution in [2.75, 3.05) is 5.88 Å². The Labute approximate surface area is 165 Å². The first kappa shape index (κ1) is 32.1. The quantitative estimate of drug-likeness (QED) is 0.265. The van der Waals surface area contributed by atoms with Gasteiger partial charge in [-0.1, -0.05) is 71.9 Å². The van der Waals surface area contributed by atoms with E-state index in [1.807, 2.05) is 0 Å². The summed E-state index contributed by atoms with van der Waals surface area (Å²) >= 11 is 33.4. The highest BCUT2D eigenvalue weighted by molar-refractivity contribution is 6.58. The van der Waals surface area contributed by atoms with Gasteiger partial charge in [-0.05, 0) is 11.6 Å². The molecule has 23 heavy (non-hydrogen) atoms. The van der Waals surface area contributed by atoms with Crippen molar-refractivity contribution in [1.29, 1.82) is 0 Å². The summed E-state index contributed by atoms with van der Waals surface area (Å²) in [6, 6.07) is 0. The molecule has 0 aliphatic rings. The molecule has 0 radical (unpaired) electrons. The van der Waals surface area contributed by atoms with Crippen LogP contribution >= 0.6 is 81.2 Å². The Morgan fingerprint density at radius 1 is 0.870 bits per heavy atom. The topological polar surface area (TPSA) is 0 Å². The van der Waals surface area contributed by atoms with E-state index in [0.717, 1.165) is 12.5 Å². The van der Waals surface area contributed by atoms with E-state index in [0.29, 0.717) is 0 Å². The third-order valence-corrected chi connectivity index (χ3v) is 2.87. The molecular weight excluding hydrogens is 482 g/mol. The van der Waals surface area contributed by atoms with Gasteiger partial charge in [-0.25, -0.2) is 4.39 Å². The zero-order chi connectivity index (χ0) is 19.9. The molecule has 0 aliphatic carbocycles. The maximum absolute atomic E-state index is 11.5. The molecule has 0 rings (SSSR count). The van der Waals surface area contributed by atoms with Crippen LogP contribution in [0.1, 0.15) is 26.7 Å². The molecule has 13 heteroatoms. The Morgan fingerprint density at radius 2 is 1.04 bits per heavy atom. The molecule has 0 unspecified atom stereocenters. The number of hydrogen-bond acceptors (Lipinski definition) is 0. The fraction of sp³-hybridized carbons (Fsp3) is 0.800. The van der Waals surface area contributed by atoms with Gasteiger partial charge >= 0.3 is 11.6 Å². The molecule has 0 aromatic carbocycles. The molecule has 0 fully saturated rings. The lowest BCUT2D eigenvalue weighted by Gasteiger charge is -1.98. The smallest absolute Gasteiger partial charge is 0.207 e. The van der Waals surface area contributed by atoms with Crippen LogP contribution in [0.2, 0.25) is 0 Å². The molecule has 0 amide bonds. The first-order chi connectivity index (χ1) is 9.95. The van der Waals surface area contributed by atoms with E-state index < -0.39 is 28.4 Å². The molecule has 0 saturated heterocycles. The standard InChI is InChI=1S/C3H5ClF2.C3H5F3.C2H2Cl3F.C2HCl3/c2*1-2-3(4,5)6;3-1-2(4,5)6;3-1-2(4)5/h2*2H2,1H3;1H2;1H. The lowest BCUT2D eigenvalue weighted by molar-refractivity contribution is -0.130. The monoisotopic (exact) mass is 492 g/mol. The van der Waals surface area contributed by atoms with Crippen molar-refractivity contribution in [3.63, 3.8) is 0 Å². The van der Waals surface area contributed by atoms with Gasteiger partial charge in [-0.3, -0.25) is 0 Å². The van der Waals surface area contributed by atoms with Gasteiger partial charge in [0.25, 0.3) is 4.59 Å². The van der Waals surface area contributed by atoms with Crippen LogP contribution in [-0.4, -0.2) is 22.0 Å². The number of rotatable bonds is 2. The van der Waals surface area contributed by atoms with Gasteiger partial charge in [0.05, 0.1) is 5.88 Å². The minimum Gasteiger partial charge on any atom is -0.207 e. The fourth-order valence-electron chi connectivity index (χ4n) is 0. The SMILES string of the molecule is CCC(F)(F)Cl.CCC(F)(F)F.ClC=C(Cl)Cl.FC(Cl)(Cl)CCl. The molecule has 0 nitrogen and oxygen atoms in total. The number of alkyl halides is 10. The van der Waals surface area contributed by atoms with Gasteiger partial charge < -0.3 is 0 Å². The highest BCUT2D eigenvalue weighted by atomic mass is 35.5. The average molecular weight is 495 g/mol. The maximum atomic E-state index is 11.5. The van der Waals surface area contributed by atoms with Crippen LogP contribution in [0.4, 0.5) is 26.3 Å². The van der Waals surface area contributed by atoms with Crippen LogP contribution in [0, 0.1) is 0 Å². The largest absolute Gasteiger partial charge is 0.388 e. The van der Waals surface area contributed by atoms with E-state index in [1.54, 1.807) is 0 Å². The minimum atomic E-state index is -3.96. The lowest BCUT2D eigenvalue weighted by atomic mass is 10.5. The van der Waals surface area contributed by atoms with Gasteiger partial charge in [0, 0.05) is 18.4 Å². The summed E-state index contributed by atoms with van der Waals surface area (Å²) in [4.78, 5) is 0. The van der Waals surface area contributed by atoms with E-state index in [2.05, 4.69) is 34.8 Å². The van der Waals surface area contributed by atoms with Crippen LogP contribution in [0.25, 0.3) is 0 Å². The summed E-state index contributed by atoms with van der Waals surface area (Å²) in [5.74, 6) is -0.393. The molecule has 0 atom stereocenters. The summed E-state index contributed by atoms with van der Waals surface area (Å²) in [6.45, 7) is 2.41. The first-order valence-corrected chi connectivity index (χ1v) is 8.19. The van der Waals surface area contributed by atoms with Gasteiger partial charge in [-0.2, -0.15) is 22.0 Å². The van der Waals surface area contributed by atoms with Crippen molar-refractivity contribution in [2.45, 2.75) is 42.8 Å². The van der Waals surface area contributed by atoms with Crippen molar-refractivity contribution in [2.24, 2.45) is 0 Å². The number of halogens is 13. The van der Waals surface area contributed by atoms with E-state index in [9.17, 15) is 26.3 Å². The molecule has 144 valence electrons. The first-order valence-electron chi connectivity index (χ1n) is 5.33. The molecule has 0 heterocycles. The van der Waals surface area contributed by atoms with Gasteiger partial charge in [0.15, 0.2) is 0 Å². The summed E-state index contributed by atoms with van der Waals surface area (Å²) in [6.07, 6.45) is -4.98. The van der Waals surface area contributed by atoms with Crippen LogP contribution < -0.4 is 0 Å². The van der Waals surface area contributed by atoms with Crippen LogP contribution in [0.3, 0.4) is 0 Å². The highest BCUT2D eigenvalue weighted by Gasteiger charge is 2.22. The predicted molar refractivity (Wildman–Crippen MR) is 89.3 cm³/mol. The van der Waals surface area contributed by atoms with Crippen LogP contribution in [-0.2, 0) is 0 Å². The zero-order valence-corrected chi connectivity index (χ0v) is 16.9. The normalized spacial score (nSPS) is 10.9. The molecule has 0 aromatic heterocycles. The second kappa shape index (κ2) is 16.8. The Bertz CT molecular complexity index is 246. The van der Waals surface area contributed by atoms with E-state index >= 15 is 0 Å². The van der Waals surface area contributed by atoms with Crippen molar-refractivity contribution in [3.8, 4) is 0 Å². The van der Waals surface area contributed by atoms with Crippen molar-refractivity contribution < 1.29 is 26.3 Å². The van der Waals surface area contributed by atoms with E-state index in [4.69, 9.17) is 46.4 Å². The fourth-order valence-corrected chi connectivity index (χ4v) is 0. The molecule has 0 N–H and O–H groups in total. The van der Waals surface area contributed by atoms with E-state index in [-0.39, 0.29) is 10.9 Å². The van der Waals surface area contributed by atoms with Gasteiger partial charge in [0.1, 0.15) is 4.49 Å². The zero-order valence-electron chi connectivity index (χ0n) is 11.6. The Balaban J connectivity index is -0.000000105. The van der Waals surface area contributed by atoms with E-state index in [1.165, 1.54) is 6.92 Å².